The van der Waals surface area contributed by atoms with Crippen LogP contribution in [-0.2, 0) is 4.74 Å². The molecule has 0 aliphatic carbocycles. The first kappa shape index (κ1) is 18.4. The Morgan fingerprint density at radius 1 is 1.12 bits per heavy atom. The molecule has 0 bridgehead atoms. The lowest BCUT2D eigenvalue weighted by Crippen LogP contribution is -2.29. The number of ether oxygens (including phenoxy) is 2. The van der Waals surface area contributed by atoms with E-state index in [1.54, 1.807) is 13.2 Å². The van der Waals surface area contributed by atoms with Gasteiger partial charge < -0.3 is 20.1 Å². The van der Waals surface area contributed by atoms with Gasteiger partial charge in [-0.25, -0.2) is 0 Å². The summed E-state index contributed by atoms with van der Waals surface area (Å²) < 4.78 is 10.6. The molecule has 2 N–H and O–H groups in total. The Hall–Kier alpha value is -2.37. The zero-order chi connectivity index (χ0) is 18.4. The van der Waals surface area contributed by atoms with Crippen LogP contribution in [0.2, 0.25) is 0 Å². The fourth-order valence-electron chi connectivity index (χ4n) is 3.50. The molecule has 1 fully saturated rings. The van der Waals surface area contributed by atoms with Crippen LogP contribution in [-0.4, -0.2) is 50.8 Å². The van der Waals surface area contributed by atoms with E-state index >= 15 is 0 Å². The minimum atomic E-state index is 0.0269. The smallest absolute Gasteiger partial charge is 0.254 e. The molecule has 3 rings (SSSR count). The van der Waals surface area contributed by atoms with Gasteiger partial charge in [0.1, 0.15) is 12.4 Å². The highest BCUT2D eigenvalue weighted by atomic mass is 16.5. The van der Waals surface area contributed by atoms with Gasteiger partial charge in [-0.3, -0.25) is 4.79 Å². The number of methoxy groups -OCH3 is 1. The van der Waals surface area contributed by atoms with Crippen LogP contribution in [0.15, 0.2) is 54.6 Å². The number of nitrogens with zero attached hydrogens (tertiary/aromatic N) is 1. The SMILES string of the molecule is COCCOc1cccc(C(=O)N2C[C@@H](CN)[C@H](c3ccccc3)C2)c1. The van der Waals surface area contributed by atoms with Crippen molar-refractivity contribution in [1.29, 1.82) is 0 Å². The van der Waals surface area contributed by atoms with Gasteiger partial charge >= 0.3 is 0 Å². The minimum Gasteiger partial charge on any atom is -0.491 e. The molecule has 0 spiro atoms. The normalized spacial score (nSPS) is 19.5. The molecule has 5 heteroatoms. The van der Waals surface area contributed by atoms with E-state index in [0.717, 1.165) is 0 Å². The number of carbonyl (C=O) groups is 1. The Balaban J connectivity index is 1.71. The van der Waals surface area contributed by atoms with Crippen LogP contribution in [0.25, 0.3) is 0 Å². The van der Waals surface area contributed by atoms with Gasteiger partial charge in [-0.15, -0.1) is 0 Å². The first-order chi connectivity index (χ1) is 12.7. The predicted octanol–water partition coefficient (Wildman–Crippen LogP) is 2.53. The van der Waals surface area contributed by atoms with E-state index in [4.69, 9.17) is 15.2 Å². The molecular weight excluding hydrogens is 328 g/mol. The topological polar surface area (TPSA) is 64.8 Å². The molecule has 1 aliphatic heterocycles. The second kappa shape index (κ2) is 8.83. The van der Waals surface area contributed by atoms with E-state index < -0.39 is 0 Å². The average Bonchev–Trinajstić information content (AvgIpc) is 3.13. The fraction of sp³-hybridized carbons (Fsp3) is 0.381. The van der Waals surface area contributed by atoms with Crippen molar-refractivity contribution in [3.63, 3.8) is 0 Å². The second-order valence-electron chi connectivity index (χ2n) is 6.59. The lowest BCUT2D eigenvalue weighted by molar-refractivity contribution is 0.0785. The number of likely N-dealkylation sites (tertiary alicyclic amines) is 1. The maximum absolute atomic E-state index is 13.0. The van der Waals surface area contributed by atoms with Crippen molar-refractivity contribution >= 4 is 5.91 Å². The third kappa shape index (κ3) is 4.23. The van der Waals surface area contributed by atoms with Crippen molar-refractivity contribution in [3.05, 3.63) is 65.7 Å². The van der Waals surface area contributed by atoms with Crippen LogP contribution in [0.1, 0.15) is 21.8 Å². The molecule has 1 amide bonds. The van der Waals surface area contributed by atoms with Crippen molar-refractivity contribution < 1.29 is 14.3 Å². The summed E-state index contributed by atoms with van der Waals surface area (Å²) in [6, 6.07) is 17.6. The molecule has 1 saturated heterocycles. The Bertz CT molecular complexity index is 720. The number of hydrogen-bond acceptors (Lipinski definition) is 4. The highest BCUT2D eigenvalue weighted by Gasteiger charge is 2.35. The van der Waals surface area contributed by atoms with E-state index in [2.05, 4.69) is 12.1 Å². The van der Waals surface area contributed by atoms with Crippen LogP contribution < -0.4 is 10.5 Å². The maximum atomic E-state index is 13.0. The summed E-state index contributed by atoms with van der Waals surface area (Å²) in [5.41, 5.74) is 7.87. The van der Waals surface area contributed by atoms with E-state index in [9.17, 15) is 4.79 Å². The molecule has 0 saturated carbocycles. The number of rotatable bonds is 7. The summed E-state index contributed by atoms with van der Waals surface area (Å²) >= 11 is 0. The van der Waals surface area contributed by atoms with Gasteiger partial charge in [0.15, 0.2) is 0 Å². The Kier molecular flexibility index (Phi) is 6.26. The van der Waals surface area contributed by atoms with Crippen molar-refractivity contribution in [2.75, 3.05) is 40.0 Å². The molecular formula is C21H26N2O3. The average molecular weight is 354 g/mol. The molecule has 0 radical (unpaired) electrons. The van der Waals surface area contributed by atoms with Crippen LogP contribution >= 0.6 is 0 Å². The lowest BCUT2D eigenvalue weighted by Gasteiger charge is -2.17. The Morgan fingerprint density at radius 2 is 1.92 bits per heavy atom. The largest absolute Gasteiger partial charge is 0.491 e. The van der Waals surface area contributed by atoms with Crippen molar-refractivity contribution in [1.82, 2.24) is 4.90 Å². The molecule has 2 aromatic rings. The fourth-order valence-corrected chi connectivity index (χ4v) is 3.50. The molecule has 138 valence electrons. The summed E-state index contributed by atoms with van der Waals surface area (Å²) in [5, 5.41) is 0. The summed E-state index contributed by atoms with van der Waals surface area (Å²) in [5.74, 6) is 1.27. The maximum Gasteiger partial charge on any atom is 0.254 e. The molecule has 2 atom stereocenters. The van der Waals surface area contributed by atoms with Crippen LogP contribution in [0, 0.1) is 5.92 Å². The summed E-state index contributed by atoms with van der Waals surface area (Å²) in [6.45, 7) is 2.93. The zero-order valence-corrected chi connectivity index (χ0v) is 15.1. The van der Waals surface area contributed by atoms with Crippen LogP contribution in [0.4, 0.5) is 0 Å². The van der Waals surface area contributed by atoms with Gasteiger partial charge in [0.05, 0.1) is 6.61 Å². The van der Waals surface area contributed by atoms with E-state index in [-0.39, 0.29) is 17.7 Å². The van der Waals surface area contributed by atoms with Gasteiger partial charge in [-0.05, 0) is 36.2 Å². The standard InChI is InChI=1S/C21H26N2O3/c1-25-10-11-26-19-9-5-8-17(12-19)21(24)23-14-18(13-22)20(15-23)16-6-3-2-4-7-16/h2-9,12,18,20H,10-11,13-15,22H2,1H3/t18-,20+/m1/s1. The van der Waals surface area contributed by atoms with Gasteiger partial charge in [-0.2, -0.15) is 0 Å². The molecule has 1 heterocycles. The van der Waals surface area contributed by atoms with Crippen LogP contribution in [0.5, 0.6) is 5.75 Å². The van der Waals surface area contributed by atoms with Gasteiger partial charge in [-0.1, -0.05) is 36.4 Å². The molecule has 26 heavy (non-hydrogen) atoms. The van der Waals surface area contributed by atoms with Crippen molar-refractivity contribution in [2.24, 2.45) is 11.7 Å². The lowest BCUT2D eigenvalue weighted by atomic mass is 9.89. The number of nitrogens with two attached hydrogens (primary N) is 1. The van der Waals surface area contributed by atoms with Gasteiger partial charge in [0, 0.05) is 31.7 Å². The first-order valence-corrected chi connectivity index (χ1v) is 8.99. The molecule has 1 aliphatic rings. The van der Waals surface area contributed by atoms with E-state index in [0.29, 0.717) is 44.2 Å². The molecule has 0 unspecified atom stereocenters. The highest BCUT2D eigenvalue weighted by Crippen LogP contribution is 2.33. The first-order valence-electron chi connectivity index (χ1n) is 8.99. The summed E-state index contributed by atoms with van der Waals surface area (Å²) in [4.78, 5) is 14.9. The minimum absolute atomic E-state index is 0.0269. The third-order valence-electron chi connectivity index (χ3n) is 4.90. The Morgan fingerprint density at radius 3 is 2.65 bits per heavy atom. The number of benzene rings is 2. The van der Waals surface area contributed by atoms with E-state index in [1.807, 2.05) is 41.3 Å². The van der Waals surface area contributed by atoms with Crippen LogP contribution in [0.3, 0.4) is 0 Å². The highest BCUT2D eigenvalue weighted by molar-refractivity contribution is 5.94. The Labute approximate surface area is 154 Å². The number of carbonyl (C=O) groups excluding carboxylic acids is 1. The monoisotopic (exact) mass is 354 g/mol. The number of amides is 1. The summed E-state index contributed by atoms with van der Waals surface area (Å²) in [6.07, 6.45) is 0. The third-order valence-corrected chi connectivity index (χ3v) is 4.90. The predicted molar refractivity (Wildman–Crippen MR) is 101 cm³/mol. The van der Waals surface area contributed by atoms with Gasteiger partial charge in [0.25, 0.3) is 5.91 Å². The molecule has 0 aromatic heterocycles. The molecule has 5 nitrogen and oxygen atoms in total. The number of hydrogen-bond donors (Lipinski definition) is 1. The quantitative estimate of drug-likeness (QED) is 0.776. The zero-order valence-electron chi connectivity index (χ0n) is 15.1. The van der Waals surface area contributed by atoms with Crippen molar-refractivity contribution in [3.8, 4) is 5.75 Å². The van der Waals surface area contributed by atoms with E-state index in [1.165, 1.54) is 5.56 Å². The summed E-state index contributed by atoms with van der Waals surface area (Å²) in [7, 11) is 1.63. The molecule has 2 aromatic carbocycles. The van der Waals surface area contributed by atoms with Crippen molar-refractivity contribution in [2.45, 2.75) is 5.92 Å². The second-order valence-corrected chi connectivity index (χ2v) is 6.59. The van der Waals surface area contributed by atoms with Gasteiger partial charge in [0.2, 0.25) is 0 Å².